The summed E-state index contributed by atoms with van der Waals surface area (Å²) in [4.78, 5) is 10.6. The number of aliphatic hydroxyl groups is 1. The van der Waals surface area contributed by atoms with E-state index in [1.165, 1.54) is 12.8 Å². The molecule has 0 radical (unpaired) electrons. The molecule has 2 nitrogen and oxygen atoms in total. The zero-order chi connectivity index (χ0) is 11.6. The molecule has 2 heteroatoms. The number of carbonyl (C=O) groups excluding carboxylic acids is 1. The summed E-state index contributed by atoms with van der Waals surface area (Å²) >= 11 is 0. The predicted molar refractivity (Wildman–Crippen MR) is 63.4 cm³/mol. The zero-order valence-corrected chi connectivity index (χ0v) is 9.65. The fourth-order valence-electron chi connectivity index (χ4n) is 2.62. The van der Waals surface area contributed by atoms with E-state index in [2.05, 4.69) is 0 Å². The first-order valence-electron chi connectivity index (χ1n) is 5.92. The van der Waals surface area contributed by atoms with E-state index in [0.717, 1.165) is 24.7 Å². The number of rotatable bonds is 3. The molecule has 0 bridgehead atoms. The van der Waals surface area contributed by atoms with E-state index in [-0.39, 0.29) is 0 Å². The summed E-state index contributed by atoms with van der Waals surface area (Å²) in [6.45, 7) is 1.89. The average Bonchev–Trinajstić information content (AvgIpc) is 2.83. The molecule has 1 aromatic carbocycles. The Morgan fingerprint density at radius 1 is 1.25 bits per heavy atom. The zero-order valence-electron chi connectivity index (χ0n) is 9.65. The van der Waals surface area contributed by atoms with Crippen LogP contribution < -0.4 is 0 Å². The second kappa shape index (κ2) is 4.38. The summed E-state index contributed by atoms with van der Waals surface area (Å²) in [6.07, 6.45) is 5.46. The maximum Gasteiger partial charge on any atom is 0.150 e. The highest BCUT2D eigenvalue weighted by Crippen LogP contribution is 2.40. The molecule has 0 saturated heterocycles. The van der Waals surface area contributed by atoms with Crippen molar-refractivity contribution in [2.45, 2.75) is 38.2 Å². The highest BCUT2D eigenvalue weighted by molar-refractivity contribution is 5.74. The lowest BCUT2D eigenvalue weighted by molar-refractivity contribution is -0.00333. The summed E-state index contributed by atoms with van der Waals surface area (Å²) in [6, 6.07) is 7.27. The monoisotopic (exact) mass is 218 g/mol. The fraction of sp³-hybridized carbons (Fsp3) is 0.500. The molecule has 1 aliphatic rings. The molecule has 0 heterocycles. The second-order valence-electron chi connectivity index (χ2n) is 4.87. The van der Waals surface area contributed by atoms with Gasteiger partial charge in [-0.3, -0.25) is 4.79 Å². The van der Waals surface area contributed by atoms with E-state index in [1.54, 1.807) is 12.1 Å². The van der Waals surface area contributed by atoms with Crippen LogP contribution in [0, 0.1) is 5.92 Å². The van der Waals surface area contributed by atoms with E-state index in [0.29, 0.717) is 11.5 Å². The lowest BCUT2D eigenvalue weighted by atomic mass is 9.81. The smallest absolute Gasteiger partial charge is 0.150 e. The molecular weight excluding hydrogens is 200 g/mol. The quantitative estimate of drug-likeness (QED) is 0.792. The van der Waals surface area contributed by atoms with Crippen molar-refractivity contribution in [1.29, 1.82) is 0 Å². The first-order chi connectivity index (χ1) is 7.64. The lowest BCUT2D eigenvalue weighted by Gasteiger charge is -2.30. The fourth-order valence-corrected chi connectivity index (χ4v) is 2.62. The van der Waals surface area contributed by atoms with Gasteiger partial charge in [0, 0.05) is 5.56 Å². The van der Waals surface area contributed by atoms with Crippen LogP contribution >= 0.6 is 0 Å². The second-order valence-corrected chi connectivity index (χ2v) is 4.87. The molecule has 0 aliphatic heterocycles. The van der Waals surface area contributed by atoms with Gasteiger partial charge in [-0.2, -0.15) is 0 Å². The minimum Gasteiger partial charge on any atom is -0.385 e. The Bertz CT molecular complexity index is 359. The molecule has 2 rings (SSSR count). The van der Waals surface area contributed by atoms with Gasteiger partial charge in [0.1, 0.15) is 6.29 Å². The minimum atomic E-state index is -0.752. The largest absolute Gasteiger partial charge is 0.385 e. The highest BCUT2D eigenvalue weighted by Gasteiger charge is 2.35. The predicted octanol–water partition coefficient (Wildman–Crippen LogP) is 2.90. The molecule has 86 valence electrons. The third kappa shape index (κ3) is 2.03. The van der Waals surface area contributed by atoms with Crippen LogP contribution in [-0.4, -0.2) is 11.4 Å². The maximum atomic E-state index is 10.6. The van der Waals surface area contributed by atoms with Gasteiger partial charge in [0.2, 0.25) is 0 Å². The number of hydrogen-bond donors (Lipinski definition) is 1. The van der Waals surface area contributed by atoms with Crippen LogP contribution in [0.1, 0.15) is 48.5 Å². The van der Waals surface area contributed by atoms with Gasteiger partial charge in [-0.05, 0) is 31.2 Å². The minimum absolute atomic E-state index is 0.356. The van der Waals surface area contributed by atoms with Crippen LogP contribution in [0.2, 0.25) is 0 Å². The van der Waals surface area contributed by atoms with E-state index in [9.17, 15) is 9.90 Å². The standard InChI is InChI=1S/C14H18O2/c1-14(16,12-4-2-3-5-12)13-8-6-11(10-15)7-9-13/h6-10,12,16H,2-5H2,1H3. The number of carbonyl (C=O) groups is 1. The molecule has 0 amide bonds. The molecular formula is C14H18O2. The number of hydrogen-bond acceptors (Lipinski definition) is 2. The van der Waals surface area contributed by atoms with Gasteiger partial charge < -0.3 is 5.11 Å². The van der Waals surface area contributed by atoms with Crippen LogP contribution in [0.3, 0.4) is 0 Å². The Labute approximate surface area is 96.3 Å². The summed E-state index contributed by atoms with van der Waals surface area (Å²) in [5.74, 6) is 0.356. The van der Waals surface area contributed by atoms with E-state index in [1.807, 2.05) is 19.1 Å². The van der Waals surface area contributed by atoms with Crippen LogP contribution in [-0.2, 0) is 5.60 Å². The Hall–Kier alpha value is -1.15. The average molecular weight is 218 g/mol. The van der Waals surface area contributed by atoms with Crippen LogP contribution in [0.5, 0.6) is 0 Å². The van der Waals surface area contributed by atoms with Crippen molar-refractivity contribution in [2.24, 2.45) is 5.92 Å². The molecule has 1 N–H and O–H groups in total. The van der Waals surface area contributed by atoms with Gasteiger partial charge in [0.25, 0.3) is 0 Å². The van der Waals surface area contributed by atoms with Gasteiger partial charge in [-0.25, -0.2) is 0 Å². The van der Waals surface area contributed by atoms with Crippen molar-refractivity contribution in [3.63, 3.8) is 0 Å². The van der Waals surface area contributed by atoms with Crippen molar-refractivity contribution < 1.29 is 9.90 Å². The van der Waals surface area contributed by atoms with E-state index < -0.39 is 5.60 Å². The van der Waals surface area contributed by atoms with E-state index >= 15 is 0 Å². The van der Waals surface area contributed by atoms with Crippen molar-refractivity contribution in [3.05, 3.63) is 35.4 Å². The van der Waals surface area contributed by atoms with Crippen molar-refractivity contribution in [3.8, 4) is 0 Å². The molecule has 0 aromatic heterocycles. The molecule has 16 heavy (non-hydrogen) atoms. The normalized spacial score (nSPS) is 20.6. The Morgan fingerprint density at radius 3 is 2.31 bits per heavy atom. The number of benzene rings is 1. The third-order valence-corrected chi connectivity index (χ3v) is 3.78. The SMILES string of the molecule is CC(O)(c1ccc(C=O)cc1)C1CCCC1. The van der Waals surface area contributed by atoms with E-state index in [4.69, 9.17) is 0 Å². The maximum absolute atomic E-state index is 10.6. The van der Waals surface area contributed by atoms with Crippen molar-refractivity contribution in [2.75, 3.05) is 0 Å². The Morgan fingerprint density at radius 2 is 1.81 bits per heavy atom. The summed E-state index contributed by atoms with van der Waals surface area (Å²) in [5, 5.41) is 10.6. The Balaban J connectivity index is 2.23. The molecule has 1 atom stereocenters. The van der Waals surface area contributed by atoms with Crippen LogP contribution in [0.15, 0.2) is 24.3 Å². The number of aldehydes is 1. The third-order valence-electron chi connectivity index (χ3n) is 3.78. The van der Waals surface area contributed by atoms with Crippen molar-refractivity contribution in [1.82, 2.24) is 0 Å². The first-order valence-corrected chi connectivity index (χ1v) is 5.92. The van der Waals surface area contributed by atoms with Gasteiger partial charge in [-0.1, -0.05) is 37.1 Å². The van der Waals surface area contributed by atoms with Crippen LogP contribution in [0.25, 0.3) is 0 Å². The topological polar surface area (TPSA) is 37.3 Å². The first kappa shape index (κ1) is 11.3. The van der Waals surface area contributed by atoms with Gasteiger partial charge in [-0.15, -0.1) is 0 Å². The van der Waals surface area contributed by atoms with Gasteiger partial charge in [0.05, 0.1) is 5.60 Å². The molecule has 1 fully saturated rings. The molecule has 1 aromatic rings. The summed E-state index contributed by atoms with van der Waals surface area (Å²) in [5.41, 5.74) is 0.828. The van der Waals surface area contributed by atoms with Crippen LogP contribution in [0.4, 0.5) is 0 Å². The summed E-state index contributed by atoms with van der Waals surface area (Å²) < 4.78 is 0. The summed E-state index contributed by atoms with van der Waals surface area (Å²) in [7, 11) is 0. The Kier molecular flexibility index (Phi) is 3.10. The van der Waals surface area contributed by atoms with Gasteiger partial charge >= 0.3 is 0 Å². The molecule has 1 saturated carbocycles. The molecule has 1 unspecified atom stereocenters. The highest BCUT2D eigenvalue weighted by atomic mass is 16.3. The molecule has 0 spiro atoms. The van der Waals surface area contributed by atoms with Gasteiger partial charge in [0.15, 0.2) is 0 Å². The molecule has 1 aliphatic carbocycles. The van der Waals surface area contributed by atoms with Crippen molar-refractivity contribution >= 4 is 6.29 Å². The lowest BCUT2D eigenvalue weighted by Crippen LogP contribution is -2.29.